The standard InChI is InChI=1S/C9H20ClNO/c1-3-7-12-8-6-11-5-4-9(2)10/h9,11H,3-8H2,1-2H3. The van der Waals surface area contributed by atoms with E-state index in [0.717, 1.165) is 39.1 Å². The maximum Gasteiger partial charge on any atom is 0.0590 e. The van der Waals surface area contributed by atoms with Crippen LogP contribution in [0.15, 0.2) is 0 Å². The molecule has 0 spiro atoms. The largest absolute Gasteiger partial charge is 0.380 e. The van der Waals surface area contributed by atoms with E-state index in [4.69, 9.17) is 16.3 Å². The topological polar surface area (TPSA) is 21.3 Å². The second kappa shape index (κ2) is 9.30. The monoisotopic (exact) mass is 193 g/mol. The summed E-state index contributed by atoms with van der Waals surface area (Å²) in [6.07, 6.45) is 2.12. The molecule has 0 bridgehead atoms. The van der Waals surface area contributed by atoms with E-state index in [9.17, 15) is 0 Å². The lowest BCUT2D eigenvalue weighted by Gasteiger charge is -2.05. The van der Waals surface area contributed by atoms with Gasteiger partial charge in [0.05, 0.1) is 6.61 Å². The fourth-order valence-electron chi connectivity index (χ4n) is 0.817. The van der Waals surface area contributed by atoms with Crippen molar-refractivity contribution in [1.82, 2.24) is 5.32 Å². The number of rotatable bonds is 8. The van der Waals surface area contributed by atoms with Crippen LogP contribution in [-0.2, 0) is 4.74 Å². The summed E-state index contributed by atoms with van der Waals surface area (Å²) in [7, 11) is 0. The molecule has 0 saturated carbocycles. The number of hydrogen-bond donors (Lipinski definition) is 1. The van der Waals surface area contributed by atoms with E-state index in [1.54, 1.807) is 0 Å². The fourth-order valence-corrected chi connectivity index (χ4v) is 0.926. The van der Waals surface area contributed by atoms with Crippen molar-refractivity contribution in [3.05, 3.63) is 0 Å². The molecule has 0 saturated heterocycles. The molecule has 0 fully saturated rings. The van der Waals surface area contributed by atoms with Crippen LogP contribution in [0.5, 0.6) is 0 Å². The zero-order valence-corrected chi connectivity index (χ0v) is 8.86. The average Bonchev–Trinajstić information content (AvgIpc) is 2.02. The van der Waals surface area contributed by atoms with Gasteiger partial charge < -0.3 is 10.1 Å². The first-order chi connectivity index (χ1) is 5.77. The van der Waals surface area contributed by atoms with Crippen molar-refractivity contribution < 1.29 is 4.74 Å². The first-order valence-electron chi connectivity index (χ1n) is 4.70. The van der Waals surface area contributed by atoms with Crippen molar-refractivity contribution in [2.45, 2.75) is 32.1 Å². The minimum absolute atomic E-state index is 0.272. The predicted octanol–water partition coefficient (Wildman–Crippen LogP) is 2.02. The third-order valence-corrected chi connectivity index (χ3v) is 1.71. The molecule has 0 rings (SSSR count). The Balaban J connectivity index is 2.82. The van der Waals surface area contributed by atoms with Crippen molar-refractivity contribution in [2.24, 2.45) is 0 Å². The van der Waals surface area contributed by atoms with Gasteiger partial charge in [0.1, 0.15) is 0 Å². The summed E-state index contributed by atoms with van der Waals surface area (Å²) in [5.74, 6) is 0. The third-order valence-electron chi connectivity index (χ3n) is 1.49. The SMILES string of the molecule is CCCOCCNCCC(C)Cl. The minimum atomic E-state index is 0.272. The lowest BCUT2D eigenvalue weighted by molar-refractivity contribution is 0.136. The average molecular weight is 194 g/mol. The first-order valence-corrected chi connectivity index (χ1v) is 5.13. The minimum Gasteiger partial charge on any atom is -0.380 e. The summed E-state index contributed by atoms with van der Waals surface area (Å²) in [6, 6.07) is 0. The van der Waals surface area contributed by atoms with Crippen LogP contribution in [0.4, 0.5) is 0 Å². The Morgan fingerprint density at radius 2 is 2.08 bits per heavy atom. The molecule has 0 heterocycles. The molecule has 2 nitrogen and oxygen atoms in total. The van der Waals surface area contributed by atoms with Crippen molar-refractivity contribution in [1.29, 1.82) is 0 Å². The van der Waals surface area contributed by atoms with E-state index >= 15 is 0 Å². The van der Waals surface area contributed by atoms with Gasteiger partial charge in [0, 0.05) is 18.5 Å². The van der Waals surface area contributed by atoms with Crippen molar-refractivity contribution in [2.75, 3.05) is 26.3 Å². The molecular weight excluding hydrogens is 174 g/mol. The van der Waals surface area contributed by atoms with Gasteiger partial charge in [0.25, 0.3) is 0 Å². The van der Waals surface area contributed by atoms with E-state index in [2.05, 4.69) is 12.2 Å². The quantitative estimate of drug-likeness (QED) is 0.471. The second-order valence-electron chi connectivity index (χ2n) is 2.93. The Labute approximate surface area is 80.6 Å². The fraction of sp³-hybridized carbons (Fsp3) is 1.00. The molecule has 0 aliphatic rings. The third kappa shape index (κ3) is 10.2. The van der Waals surface area contributed by atoms with Gasteiger partial charge in [0.2, 0.25) is 0 Å². The van der Waals surface area contributed by atoms with Gasteiger partial charge in [0.15, 0.2) is 0 Å². The van der Waals surface area contributed by atoms with Crippen molar-refractivity contribution in [3.8, 4) is 0 Å². The van der Waals surface area contributed by atoms with Crippen LogP contribution in [-0.4, -0.2) is 31.7 Å². The van der Waals surface area contributed by atoms with E-state index in [1.807, 2.05) is 6.92 Å². The molecule has 0 radical (unpaired) electrons. The molecule has 0 aliphatic heterocycles. The van der Waals surface area contributed by atoms with Gasteiger partial charge in [-0.05, 0) is 26.3 Å². The summed E-state index contributed by atoms with van der Waals surface area (Å²) in [5.41, 5.74) is 0. The maximum atomic E-state index is 5.77. The van der Waals surface area contributed by atoms with E-state index < -0.39 is 0 Å². The molecule has 3 heteroatoms. The lowest BCUT2D eigenvalue weighted by atomic mass is 10.3. The molecule has 1 atom stereocenters. The molecule has 1 unspecified atom stereocenters. The van der Waals surface area contributed by atoms with Crippen molar-refractivity contribution >= 4 is 11.6 Å². The normalized spacial score (nSPS) is 13.2. The van der Waals surface area contributed by atoms with E-state index in [0.29, 0.717) is 0 Å². The Morgan fingerprint density at radius 3 is 2.67 bits per heavy atom. The summed E-state index contributed by atoms with van der Waals surface area (Å²) in [6.45, 7) is 7.72. The summed E-state index contributed by atoms with van der Waals surface area (Å²) in [5, 5.41) is 3.54. The predicted molar refractivity (Wildman–Crippen MR) is 53.9 cm³/mol. The van der Waals surface area contributed by atoms with E-state index in [1.165, 1.54) is 0 Å². The molecule has 1 N–H and O–H groups in total. The zero-order valence-electron chi connectivity index (χ0n) is 8.11. The highest BCUT2D eigenvalue weighted by atomic mass is 35.5. The first kappa shape index (κ1) is 12.2. The lowest BCUT2D eigenvalue weighted by Crippen LogP contribution is -2.22. The molecule has 0 aromatic heterocycles. The van der Waals surface area contributed by atoms with Gasteiger partial charge in [-0.2, -0.15) is 0 Å². The van der Waals surface area contributed by atoms with Crippen LogP contribution in [0, 0.1) is 0 Å². The van der Waals surface area contributed by atoms with Crippen LogP contribution < -0.4 is 5.32 Å². The maximum absolute atomic E-state index is 5.77. The van der Waals surface area contributed by atoms with Crippen LogP contribution in [0.1, 0.15) is 26.7 Å². The molecule has 0 aromatic rings. The van der Waals surface area contributed by atoms with Crippen LogP contribution in [0.3, 0.4) is 0 Å². The van der Waals surface area contributed by atoms with Gasteiger partial charge in [-0.25, -0.2) is 0 Å². The summed E-state index contributed by atoms with van der Waals surface area (Å²) >= 11 is 5.77. The highest BCUT2D eigenvalue weighted by molar-refractivity contribution is 6.20. The number of alkyl halides is 1. The summed E-state index contributed by atoms with van der Waals surface area (Å²) in [4.78, 5) is 0. The molecule has 0 aliphatic carbocycles. The van der Waals surface area contributed by atoms with E-state index in [-0.39, 0.29) is 5.38 Å². The van der Waals surface area contributed by atoms with Crippen LogP contribution in [0.2, 0.25) is 0 Å². The van der Waals surface area contributed by atoms with Gasteiger partial charge >= 0.3 is 0 Å². The second-order valence-corrected chi connectivity index (χ2v) is 3.68. The van der Waals surface area contributed by atoms with Gasteiger partial charge in [-0.1, -0.05) is 6.92 Å². The van der Waals surface area contributed by atoms with Crippen LogP contribution in [0.25, 0.3) is 0 Å². The Kier molecular flexibility index (Phi) is 9.46. The van der Waals surface area contributed by atoms with Gasteiger partial charge in [-0.15, -0.1) is 11.6 Å². The molecule has 12 heavy (non-hydrogen) atoms. The highest BCUT2D eigenvalue weighted by Gasteiger charge is 1.94. The summed E-state index contributed by atoms with van der Waals surface area (Å²) < 4.78 is 5.29. The zero-order chi connectivity index (χ0) is 9.23. The molecule has 74 valence electrons. The molecule has 0 amide bonds. The molecule has 0 aromatic carbocycles. The Morgan fingerprint density at radius 1 is 1.33 bits per heavy atom. The smallest absolute Gasteiger partial charge is 0.0590 e. The van der Waals surface area contributed by atoms with Crippen molar-refractivity contribution in [3.63, 3.8) is 0 Å². The number of halogens is 1. The number of nitrogens with one attached hydrogen (secondary N) is 1. The van der Waals surface area contributed by atoms with Crippen LogP contribution >= 0.6 is 11.6 Å². The molecular formula is C9H20ClNO. The number of ether oxygens (including phenoxy) is 1. The Hall–Kier alpha value is 0.210. The number of hydrogen-bond acceptors (Lipinski definition) is 2. The Bertz CT molecular complexity index is 88.6. The van der Waals surface area contributed by atoms with Gasteiger partial charge in [-0.3, -0.25) is 0 Å². The highest BCUT2D eigenvalue weighted by Crippen LogP contribution is 1.96.